The van der Waals surface area contributed by atoms with Gasteiger partial charge in [-0.05, 0) is 67.6 Å². The van der Waals surface area contributed by atoms with E-state index >= 15 is 0 Å². The molecule has 4 heteroatoms. The molecule has 1 amide bonds. The third-order valence-electron chi connectivity index (χ3n) is 6.09. The Bertz CT molecular complexity index is 609. The summed E-state index contributed by atoms with van der Waals surface area (Å²) in [5, 5.41) is 4.22. The van der Waals surface area contributed by atoms with Gasteiger partial charge in [0.25, 0.3) is 0 Å². The number of hydrogen-bond acceptors (Lipinski definition) is 2. The Kier molecular flexibility index (Phi) is 4.04. The van der Waals surface area contributed by atoms with Crippen LogP contribution in [-0.2, 0) is 4.79 Å². The van der Waals surface area contributed by atoms with Gasteiger partial charge in [-0.15, -0.1) is 0 Å². The lowest BCUT2D eigenvalue weighted by Crippen LogP contribution is -2.47. The van der Waals surface area contributed by atoms with Gasteiger partial charge in [0.15, 0.2) is 0 Å². The number of nitrogens with one attached hydrogen (secondary N) is 1. The van der Waals surface area contributed by atoms with Crippen LogP contribution in [0.3, 0.4) is 0 Å². The number of rotatable bonds is 3. The molecule has 3 nitrogen and oxygen atoms in total. The van der Waals surface area contributed by atoms with E-state index in [0.29, 0.717) is 0 Å². The van der Waals surface area contributed by atoms with Gasteiger partial charge in [0.2, 0.25) is 5.91 Å². The Balaban J connectivity index is 1.45. The van der Waals surface area contributed by atoms with Crippen molar-refractivity contribution in [3.05, 3.63) is 34.3 Å². The summed E-state index contributed by atoms with van der Waals surface area (Å²) in [6.45, 7) is 0. The Hall–Kier alpha value is -1.16. The van der Waals surface area contributed by atoms with E-state index in [0.717, 1.165) is 47.1 Å². The molecule has 2 unspecified atom stereocenters. The number of carbonyl (C=O) groups excluding carboxylic acids is 1. The van der Waals surface area contributed by atoms with E-state index in [4.69, 9.17) is 0 Å². The molecule has 0 radical (unpaired) electrons. The number of amides is 1. The first-order valence-corrected chi connectivity index (χ1v) is 9.51. The molecule has 0 spiro atoms. The van der Waals surface area contributed by atoms with Gasteiger partial charge in [0, 0.05) is 4.47 Å². The van der Waals surface area contributed by atoms with Gasteiger partial charge in [-0.25, -0.2) is 5.43 Å². The molecule has 1 aromatic rings. The minimum atomic E-state index is -0.135. The van der Waals surface area contributed by atoms with Gasteiger partial charge < -0.3 is 0 Å². The molecule has 4 aliphatic carbocycles. The molecule has 1 aromatic carbocycles. The van der Waals surface area contributed by atoms with Crippen LogP contribution in [0.2, 0.25) is 0 Å². The van der Waals surface area contributed by atoms with Crippen LogP contribution >= 0.6 is 15.9 Å². The predicted octanol–water partition coefficient (Wildman–Crippen LogP) is 4.51. The fraction of sp³-hybridized carbons (Fsp3) is 0.579. The standard InChI is InChI=1S/C19H23BrN2O/c20-17-5-3-13(4-6-17)12-21-22-18(23)19-9-14-1-2-15(10-19)8-16(7-14)11-19/h3-6,12,14-16H,1-2,7-11H2,(H,22,23). The van der Waals surface area contributed by atoms with Gasteiger partial charge >= 0.3 is 0 Å². The molecule has 0 heterocycles. The van der Waals surface area contributed by atoms with E-state index in [1.807, 2.05) is 24.3 Å². The normalized spacial score (nSPS) is 35.4. The first kappa shape index (κ1) is 15.4. The molecular formula is C19H23BrN2O. The predicted molar refractivity (Wildman–Crippen MR) is 95.1 cm³/mol. The fourth-order valence-corrected chi connectivity index (χ4v) is 5.57. The monoisotopic (exact) mass is 374 g/mol. The summed E-state index contributed by atoms with van der Waals surface area (Å²) >= 11 is 3.42. The van der Waals surface area contributed by atoms with Crippen LogP contribution in [0.25, 0.3) is 0 Å². The molecule has 122 valence electrons. The van der Waals surface area contributed by atoms with Crippen molar-refractivity contribution >= 4 is 28.1 Å². The smallest absolute Gasteiger partial charge is 0.246 e. The topological polar surface area (TPSA) is 41.5 Å². The zero-order chi connectivity index (χ0) is 15.9. The summed E-state index contributed by atoms with van der Waals surface area (Å²) in [5.74, 6) is 2.47. The lowest BCUT2D eigenvalue weighted by Gasteiger charge is -2.46. The lowest BCUT2D eigenvalue weighted by molar-refractivity contribution is -0.138. The van der Waals surface area contributed by atoms with Crippen molar-refractivity contribution in [3.63, 3.8) is 0 Å². The van der Waals surface area contributed by atoms with E-state index in [-0.39, 0.29) is 11.3 Å². The second kappa shape index (κ2) is 6.04. The molecule has 2 atom stereocenters. The summed E-state index contributed by atoms with van der Waals surface area (Å²) in [5.41, 5.74) is 3.71. The molecule has 4 saturated carbocycles. The van der Waals surface area contributed by atoms with Crippen molar-refractivity contribution in [2.45, 2.75) is 44.9 Å². The maximum atomic E-state index is 12.9. The van der Waals surface area contributed by atoms with Gasteiger partial charge in [-0.2, -0.15) is 5.10 Å². The maximum absolute atomic E-state index is 12.9. The molecule has 0 aliphatic heterocycles. The van der Waals surface area contributed by atoms with Crippen LogP contribution in [0, 0.1) is 23.2 Å². The van der Waals surface area contributed by atoms with Crippen LogP contribution in [0.5, 0.6) is 0 Å². The van der Waals surface area contributed by atoms with Crippen molar-refractivity contribution in [2.75, 3.05) is 0 Å². The molecule has 0 aromatic heterocycles. The highest BCUT2D eigenvalue weighted by molar-refractivity contribution is 9.10. The molecule has 5 rings (SSSR count). The second-order valence-electron chi connectivity index (χ2n) is 7.79. The maximum Gasteiger partial charge on any atom is 0.246 e. The zero-order valence-electron chi connectivity index (χ0n) is 13.3. The third-order valence-corrected chi connectivity index (χ3v) is 6.61. The number of halogens is 1. The van der Waals surface area contributed by atoms with Gasteiger partial charge in [0.1, 0.15) is 0 Å². The van der Waals surface area contributed by atoms with Gasteiger partial charge in [0.05, 0.1) is 11.6 Å². The summed E-state index contributed by atoms with van der Waals surface area (Å²) < 4.78 is 1.04. The van der Waals surface area contributed by atoms with Crippen molar-refractivity contribution in [2.24, 2.45) is 28.3 Å². The van der Waals surface area contributed by atoms with E-state index in [1.165, 1.54) is 25.7 Å². The van der Waals surface area contributed by atoms with E-state index < -0.39 is 0 Å². The van der Waals surface area contributed by atoms with Crippen LogP contribution in [0.4, 0.5) is 0 Å². The molecule has 4 bridgehead atoms. The number of hydrazone groups is 1. The average molecular weight is 375 g/mol. The average Bonchev–Trinajstić information content (AvgIpc) is 2.75. The van der Waals surface area contributed by atoms with Crippen LogP contribution < -0.4 is 5.43 Å². The molecule has 4 fully saturated rings. The molecule has 23 heavy (non-hydrogen) atoms. The Morgan fingerprint density at radius 3 is 2.35 bits per heavy atom. The number of benzene rings is 1. The highest BCUT2D eigenvalue weighted by Crippen LogP contribution is 2.57. The number of carbonyl (C=O) groups is 1. The van der Waals surface area contributed by atoms with Crippen molar-refractivity contribution in [1.82, 2.24) is 5.43 Å². The first-order valence-electron chi connectivity index (χ1n) is 8.72. The van der Waals surface area contributed by atoms with E-state index in [2.05, 4.69) is 26.5 Å². The number of hydrogen-bond donors (Lipinski definition) is 1. The molecular weight excluding hydrogens is 352 g/mol. The van der Waals surface area contributed by atoms with Gasteiger partial charge in [-0.3, -0.25) is 4.79 Å². The largest absolute Gasteiger partial charge is 0.273 e. The Labute approximate surface area is 146 Å². The van der Waals surface area contributed by atoms with E-state index in [9.17, 15) is 4.79 Å². The fourth-order valence-electron chi connectivity index (χ4n) is 5.30. The zero-order valence-corrected chi connectivity index (χ0v) is 14.9. The van der Waals surface area contributed by atoms with Crippen LogP contribution in [0.15, 0.2) is 33.8 Å². The number of fused-ring (bicyclic) bond motifs is 1. The van der Waals surface area contributed by atoms with Gasteiger partial charge in [-0.1, -0.05) is 40.9 Å². The summed E-state index contributed by atoms with van der Waals surface area (Å²) in [6.07, 6.45) is 10.4. The van der Waals surface area contributed by atoms with Crippen molar-refractivity contribution < 1.29 is 4.79 Å². The lowest BCUT2D eigenvalue weighted by atomic mass is 9.58. The Morgan fingerprint density at radius 1 is 1.09 bits per heavy atom. The third kappa shape index (κ3) is 3.10. The quantitative estimate of drug-likeness (QED) is 0.613. The van der Waals surface area contributed by atoms with Crippen molar-refractivity contribution in [3.8, 4) is 0 Å². The minimum Gasteiger partial charge on any atom is -0.273 e. The molecule has 0 saturated heterocycles. The molecule has 1 N–H and O–H groups in total. The van der Waals surface area contributed by atoms with Crippen LogP contribution in [-0.4, -0.2) is 12.1 Å². The Morgan fingerprint density at radius 2 is 1.70 bits per heavy atom. The van der Waals surface area contributed by atoms with Crippen LogP contribution in [0.1, 0.15) is 50.5 Å². The SMILES string of the molecule is O=C(NN=Cc1ccc(Br)cc1)C12CC3CCC(CC(C3)C1)C2. The number of nitrogens with zero attached hydrogens (tertiary/aromatic N) is 1. The van der Waals surface area contributed by atoms with E-state index in [1.54, 1.807) is 6.21 Å². The summed E-state index contributed by atoms with van der Waals surface area (Å²) in [7, 11) is 0. The minimum absolute atomic E-state index is 0.135. The summed E-state index contributed by atoms with van der Waals surface area (Å²) in [4.78, 5) is 12.9. The first-order chi connectivity index (χ1) is 11.1. The second-order valence-corrected chi connectivity index (χ2v) is 8.71. The van der Waals surface area contributed by atoms with Crippen molar-refractivity contribution in [1.29, 1.82) is 0 Å². The highest BCUT2D eigenvalue weighted by atomic mass is 79.9. The summed E-state index contributed by atoms with van der Waals surface area (Å²) in [6, 6.07) is 7.92. The highest BCUT2D eigenvalue weighted by Gasteiger charge is 2.52. The molecule has 4 aliphatic rings.